The van der Waals surface area contributed by atoms with Gasteiger partial charge in [-0.3, -0.25) is 37.3 Å². The molecule has 0 aliphatic carbocycles. The van der Waals surface area contributed by atoms with Gasteiger partial charge in [0, 0.05) is 25.7 Å². The third-order valence-electron chi connectivity index (χ3n) is 21.6. The molecule has 0 amide bonds. The second-order valence-corrected chi connectivity index (χ2v) is 35.9. The van der Waals surface area contributed by atoms with E-state index < -0.39 is 97.5 Å². The van der Waals surface area contributed by atoms with Crippen molar-refractivity contribution in [1.82, 2.24) is 0 Å². The molecule has 0 bridgehead atoms. The first-order valence-electron chi connectivity index (χ1n) is 45.9. The van der Waals surface area contributed by atoms with Gasteiger partial charge >= 0.3 is 39.5 Å². The van der Waals surface area contributed by atoms with Gasteiger partial charge in [-0.15, -0.1) is 0 Å². The minimum absolute atomic E-state index is 0.106. The van der Waals surface area contributed by atoms with E-state index in [-0.39, 0.29) is 25.7 Å². The lowest BCUT2D eigenvalue weighted by atomic mass is 9.99. The molecule has 108 heavy (non-hydrogen) atoms. The van der Waals surface area contributed by atoms with Gasteiger partial charge in [-0.05, 0) is 43.4 Å². The molecular weight excluding hydrogens is 1400 g/mol. The van der Waals surface area contributed by atoms with Crippen LogP contribution in [0.5, 0.6) is 0 Å². The molecule has 19 heteroatoms. The maximum absolute atomic E-state index is 13.2. The number of carbonyl (C=O) groups is 4. The van der Waals surface area contributed by atoms with Crippen LogP contribution in [0.25, 0.3) is 0 Å². The summed E-state index contributed by atoms with van der Waals surface area (Å²) in [6, 6.07) is 0. The number of hydrogen-bond donors (Lipinski definition) is 3. The number of rotatable bonds is 87. The number of aliphatic hydroxyl groups is 1. The first-order valence-corrected chi connectivity index (χ1v) is 48.9. The molecule has 0 saturated carbocycles. The zero-order valence-electron chi connectivity index (χ0n) is 71.3. The van der Waals surface area contributed by atoms with Crippen molar-refractivity contribution in [1.29, 1.82) is 0 Å². The van der Waals surface area contributed by atoms with E-state index in [9.17, 15) is 43.2 Å². The van der Waals surface area contributed by atoms with E-state index in [1.807, 2.05) is 0 Å². The molecule has 7 atom stereocenters. The number of unbranched alkanes of at least 4 members (excludes halogenated alkanes) is 53. The number of aliphatic hydroxyl groups excluding tert-OH is 1. The lowest BCUT2D eigenvalue weighted by Gasteiger charge is -2.21. The van der Waals surface area contributed by atoms with Crippen molar-refractivity contribution in [2.24, 2.45) is 17.8 Å². The summed E-state index contributed by atoms with van der Waals surface area (Å²) < 4.78 is 69.0. The summed E-state index contributed by atoms with van der Waals surface area (Å²) in [6.07, 6.45) is 70.8. The molecule has 0 rings (SSSR count). The normalized spacial score (nSPS) is 14.3. The van der Waals surface area contributed by atoms with E-state index in [1.165, 1.54) is 283 Å². The zero-order valence-corrected chi connectivity index (χ0v) is 73.1. The number of carbonyl (C=O) groups excluding carboxylic acids is 4. The molecule has 0 aliphatic rings. The van der Waals surface area contributed by atoms with Crippen molar-refractivity contribution in [3.63, 3.8) is 0 Å². The lowest BCUT2D eigenvalue weighted by molar-refractivity contribution is -0.161. The molecule has 4 unspecified atom stereocenters. The molecule has 3 N–H and O–H groups in total. The summed E-state index contributed by atoms with van der Waals surface area (Å²) in [4.78, 5) is 73.3. The third kappa shape index (κ3) is 79.3. The van der Waals surface area contributed by atoms with Gasteiger partial charge in [0.05, 0.1) is 26.4 Å². The Morgan fingerprint density at radius 1 is 0.269 bits per heavy atom. The van der Waals surface area contributed by atoms with Crippen molar-refractivity contribution < 1.29 is 80.2 Å². The number of phosphoric acid groups is 2. The van der Waals surface area contributed by atoms with Crippen molar-refractivity contribution in [2.75, 3.05) is 39.6 Å². The van der Waals surface area contributed by atoms with Crippen molar-refractivity contribution in [3.05, 3.63) is 0 Å². The van der Waals surface area contributed by atoms with Gasteiger partial charge < -0.3 is 33.8 Å². The molecule has 17 nitrogen and oxygen atoms in total. The van der Waals surface area contributed by atoms with Gasteiger partial charge in [-0.1, -0.05) is 421 Å². The minimum Gasteiger partial charge on any atom is -0.462 e. The van der Waals surface area contributed by atoms with Gasteiger partial charge in [0.15, 0.2) is 12.2 Å². The average molecular weight is 1580 g/mol. The zero-order chi connectivity index (χ0) is 79.3. The van der Waals surface area contributed by atoms with E-state index in [1.54, 1.807) is 0 Å². The van der Waals surface area contributed by atoms with Crippen LogP contribution in [0.2, 0.25) is 0 Å². The van der Waals surface area contributed by atoms with E-state index in [2.05, 4.69) is 48.5 Å². The van der Waals surface area contributed by atoms with Gasteiger partial charge in [-0.2, -0.15) is 0 Å². The van der Waals surface area contributed by atoms with E-state index in [0.29, 0.717) is 25.7 Å². The predicted molar refractivity (Wildman–Crippen MR) is 446 cm³/mol. The number of hydrogen-bond acceptors (Lipinski definition) is 15. The Hall–Kier alpha value is -1.94. The summed E-state index contributed by atoms with van der Waals surface area (Å²) >= 11 is 0. The molecule has 0 aromatic heterocycles. The van der Waals surface area contributed by atoms with Crippen LogP contribution in [0.1, 0.15) is 472 Å². The fourth-order valence-corrected chi connectivity index (χ4v) is 15.4. The summed E-state index contributed by atoms with van der Waals surface area (Å²) in [7, 11) is -9.93. The highest BCUT2D eigenvalue weighted by Gasteiger charge is 2.31. The Kier molecular flexibility index (Phi) is 77.5. The molecule has 0 fully saturated rings. The van der Waals surface area contributed by atoms with Gasteiger partial charge in [-0.25, -0.2) is 9.13 Å². The average Bonchev–Trinajstić information content (AvgIpc) is 0.913. The topological polar surface area (TPSA) is 237 Å². The second kappa shape index (κ2) is 78.9. The highest BCUT2D eigenvalue weighted by molar-refractivity contribution is 7.47. The van der Waals surface area contributed by atoms with Crippen molar-refractivity contribution in [3.8, 4) is 0 Å². The summed E-state index contributed by atoms with van der Waals surface area (Å²) in [5, 5.41) is 10.7. The summed E-state index contributed by atoms with van der Waals surface area (Å²) in [5.74, 6) is 0.312. The molecule has 0 aliphatic heterocycles. The Balaban J connectivity index is 5.24. The van der Waals surface area contributed by atoms with Crippen LogP contribution < -0.4 is 0 Å². The summed E-state index contributed by atoms with van der Waals surface area (Å²) in [6.45, 7) is 12.1. The first-order chi connectivity index (χ1) is 52.3. The Morgan fingerprint density at radius 3 is 0.704 bits per heavy atom. The predicted octanol–water partition coefficient (Wildman–Crippen LogP) is 27.3. The third-order valence-corrected chi connectivity index (χ3v) is 23.5. The summed E-state index contributed by atoms with van der Waals surface area (Å²) in [5.41, 5.74) is 0. The van der Waals surface area contributed by atoms with Gasteiger partial charge in [0.25, 0.3) is 0 Å². The maximum atomic E-state index is 13.2. The van der Waals surface area contributed by atoms with E-state index in [4.69, 9.17) is 37.0 Å². The molecule has 0 radical (unpaired) electrons. The highest BCUT2D eigenvalue weighted by atomic mass is 31.2. The van der Waals surface area contributed by atoms with E-state index in [0.717, 1.165) is 108 Å². The Labute approximate surface area is 664 Å². The van der Waals surface area contributed by atoms with Crippen LogP contribution >= 0.6 is 15.6 Å². The molecule has 642 valence electrons. The maximum Gasteiger partial charge on any atom is 0.472 e. The monoisotopic (exact) mass is 1580 g/mol. The van der Waals surface area contributed by atoms with Crippen LogP contribution in [0.4, 0.5) is 0 Å². The van der Waals surface area contributed by atoms with Crippen LogP contribution in [-0.2, 0) is 65.4 Å². The van der Waals surface area contributed by atoms with Crippen LogP contribution in [-0.4, -0.2) is 96.7 Å². The fraction of sp³-hybridized carbons (Fsp3) is 0.955. The molecule has 0 spiro atoms. The van der Waals surface area contributed by atoms with Gasteiger partial charge in [0.1, 0.15) is 19.3 Å². The Bertz CT molecular complexity index is 2080. The standard InChI is InChI=1S/C89H174O17P2/c1-8-11-12-13-14-15-16-17-18-19-20-21-25-28-31-36-41-49-56-63-70-86(91)99-76-84(105-88(93)72-65-58-51-42-37-32-29-26-23-22-24-27-30-35-40-47-54-61-68-81(6)9-2)78-103-107(95,96)101-74-83(90)75-102-108(97,98)104-79-85(77-100-87(92)71-64-57-50-45-44-48-55-62-69-82(7)10-3)106-89(94)73-66-59-52-43-38-33-34-39-46-53-60-67-80(4)5/h80-85,90H,8-79H2,1-7H3,(H,95,96)(H,97,98)/t81?,82?,83-,84-,85-/m1/s1. The highest BCUT2D eigenvalue weighted by Crippen LogP contribution is 2.45. The Morgan fingerprint density at radius 2 is 0.472 bits per heavy atom. The molecule has 0 aromatic rings. The lowest BCUT2D eigenvalue weighted by Crippen LogP contribution is -2.30. The fourth-order valence-electron chi connectivity index (χ4n) is 13.8. The largest absolute Gasteiger partial charge is 0.472 e. The molecule has 0 heterocycles. The second-order valence-electron chi connectivity index (χ2n) is 32.9. The van der Waals surface area contributed by atoms with Crippen LogP contribution in [0, 0.1) is 17.8 Å². The molecular formula is C89H174O17P2. The smallest absolute Gasteiger partial charge is 0.462 e. The van der Waals surface area contributed by atoms with Crippen molar-refractivity contribution in [2.45, 2.75) is 491 Å². The number of ether oxygens (including phenoxy) is 4. The SMILES string of the molecule is CCCCCCCCCCCCCCCCCCCCCCC(=O)OC[C@H](COP(=O)(O)OC[C@@H](O)COP(=O)(O)OC[C@@H](COC(=O)CCCCCCCCCCC(C)CC)OC(=O)CCCCCCCCCCCCCC(C)C)OC(=O)CCCCCCCCCCCCCCCCCCCCC(C)CC. The van der Waals surface area contributed by atoms with Gasteiger partial charge in [0.2, 0.25) is 0 Å². The van der Waals surface area contributed by atoms with Crippen LogP contribution in [0.3, 0.4) is 0 Å². The number of phosphoric ester groups is 2. The van der Waals surface area contributed by atoms with Crippen molar-refractivity contribution >= 4 is 39.5 Å². The quantitative estimate of drug-likeness (QED) is 0.0222. The first kappa shape index (κ1) is 106. The molecule has 0 aromatic carbocycles. The van der Waals surface area contributed by atoms with E-state index >= 15 is 0 Å². The minimum atomic E-state index is -4.97. The number of esters is 4. The molecule has 0 saturated heterocycles. The van der Waals surface area contributed by atoms with Crippen LogP contribution in [0.15, 0.2) is 0 Å².